The van der Waals surface area contributed by atoms with Gasteiger partial charge in [-0.2, -0.15) is 5.10 Å². The maximum atomic E-state index is 13.3. The molecule has 1 aromatic heterocycles. The number of aromatic nitrogens is 2. The van der Waals surface area contributed by atoms with Gasteiger partial charge in [0.15, 0.2) is 0 Å². The van der Waals surface area contributed by atoms with Crippen LogP contribution >= 0.6 is 0 Å². The third-order valence-corrected chi connectivity index (χ3v) is 6.75. The molecule has 0 bridgehead atoms. The molecule has 2 aliphatic rings. The molecule has 33 heavy (non-hydrogen) atoms. The lowest BCUT2D eigenvalue weighted by atomic mass is 10.00. The first-order valence-corrected chi connectivity index (χ1v) is 11.4. The zero-order valence-corrected chi connectivity index (χ0v) is 18.3. The summed E-state index contributed by atoms with van der Waals surface area (Å²) in [6.45, 7) is 2.49. The van der Waals surface area contributed by atoms with E-state index in [2.05, 4.69) is 50.5 Å². The number of rotatable bonds is 2. The van der Waals surface area contributed by atoms with Crippen LogP contribution in [0.2, 0.25) is 0 Å². The van der Waals surface area contributed by atoms with Crippen LogP contribution in [0.15, 0.2) is 72.8 Å². The van der Waals surface area contributed by atoms with Gasteiger partial charge in [-0.15, -0.1) is 0 Å². The van der Waals surface area contributed by atoms with Crippen molar-refractivity contribution in [3.05, 3.63) is 89.6 Å². The minimum absolute atomic E-state index is 0.0183. The van der Waals surface area contributed by atoms with Crippen LogP contribution < -0.4 is 5.32 Å². The number of benzene rings is 3. The molecule has 5 nitrogen and oxygen atoms in total. The van der Waals surface area contributed by atoms with Gasteiger partial charge in [0.05, 0.1) is 11.1 Å². The van der Waals surface area contributed by atoms with Crippen molar-refractivity contribution in [2.24, 2.45) is 0 Å². The summed E-state index contributed by atoms with van der Waals surface area (Å²) < 4.78 is 0. The fourth-order valence-corrected chi connectivity index (χ4v) is 4.74. The number of nitrogens with zero attached hydrogens (tertiary/aromatic N) is 2. The van der Waals surface area contributed by atoms with E-state index >= 15 is 0 Å². The minimum Gasteiger partial charge on any atom is -0.330 e. The summed E-state index contributed by atoms with van der Waals surface area (Å²) in [5.41, 5.74) is 5.43. The maximum Gasteiger partial charge on any atom is 0.254 e. The third-order valence-electron chi connectivity index (χ3n) is 6.75. The van der Waals surface area contributed by atoms with Crippen LogP contribution in [-0.4, -0.2) is 46.2 Å². The Hall–Kier alpha value is -3.88. The fourth-order valence-electron chi connectivity index (χ4n) is 4.74. The van der Waals surface area contributed by atoms with Crippen LogP contribution in [0.25, 0.3) is 22.0 Å². The topological polar surface area (TPSA) is 61.0 Å². The molecule has 1 amide bonds. The van der Waals surface area contributed by atoms with Gasteiger partial charge in [-0.25, -0.2) is 0 Å². The third kappa shape index (κ3) is 3.59. The fraction of sp³-hybridized carbons (Fsp3) is 0.214. The average Bonchev–Trinajstić information content (AvgIpc) is 3.51. The van der Waals surface area contributed by atoms with Gasteiger partial charge in [0.25, 0.3) is 5.91 Å². The van der Waals surface area contributed by atoms with E-state index in [1.807, 2.05) is 54.6 Å². The van der Waals surface area contributed by atoms with E-state index in [1.54, 1.807) is 0 Å². The number of aromatic amines is 1. The summed E-state index contributed by atoms with van der Waals surface area (Å²) in [5.74, 6) is 6.65. The van der Waals surface area contributed by atoms with E-state index in [9.17, 15) is 4.79 Å². The molecule has 1 aliphatic carbocycles. The van der Waals surface area contributed by atoms with E-state index in [-0.39, 0.29) is 11.4 Å². The highest BCUT2D eigenvalue weighted by molar-refractivity contribution is 5.99. The monoisotopic (exact) mass is 432 g/mol. The molecule has 0 atom stereocenters. The van der Waals surface area contributed by atoms with Crippen molar-refractivity contribution < 1.29 is 4.79 Å². The van der Waals surface area contributed by atoms with E-state index in [0.29, 0.717) is 11.3 Å². The van der Waals surface area contributed by atoms with Gasteiger partial charge in [-0.05, 0) is 54.2 Å². The molecule has 2 fully saturated rings. The Morgan fingerprint density at radius 3 is 2.64 bits per heavy atom. The van der Waals surface area contributed by atoms with Gasteiger partial charge in [0, 0.05) is 36.1 Å². The Morgan fingerprint density at radius 1 is 0.970 bits per heavy atom. The molecule has 2 heterocycles. The summed E-state index contributed by atoms with van der Waals surface area (Å²) in [7, 11) is 0. The standard InChI is InChI=1S/C28H24N4O/c33-27(32-17-16-29-19-28(32)14-15-28)22-11-13-26-24(18-22)25(30-31-26)12-10-21-8-4-5-9-23(21)20-6-2-1-3-7-20/h1-9,11,13,18,29H,14-17,19H2,(H,30,31). The van der Waals surface area contributed by atoms with E-state index in [1.165, 1.54) is 0 Å². The number of hydrogen-bond donors (Lipinski definition) is 2. The summed E-state index contributed by atoms with van der Waals surface area (Å²) in [6.07, 6.45) is 2.16. The number of carbonyl (C=O) groups excluding carboxylic acids is 1. The quantitative estimate of drug-likeness (QED) is 0.467. The predicted octanol–water partition coefficient (Wildman–Crippen LogP) is 4.21. The molecule has 0 unspecified atom stereocenters. The minimum atomic E-state index is 0.0183. The second-order valence-electron chi connectivity index (χ2n) is 8.85. The normalized spacial score (nSPS) is 16.4. The first-order chi connectivity index (χ1) is 16.2. The van der Waals surface area contributed by atoms with Crippen LogP contribution in [0, 0.1) is 11.8 Å². The van der Waals surface area contributed by atoms with Gasteiger partial charge in [-0.1, -0.05) is 54.5 Å². The number of piperazine rings is 1. The number of hydrogen-bond acceptors (Lipinski definition) is 3. The predicted molar refractivity (Wildman–Crippen MR) is 130 cm³/mol. The van der Waals surface area contributed by atoms with Gasteiger partial charge in [-0.3, -0.25) is 9.89 Å². The van der Waals surface area contributed by atoms with Gasteiger partial charge < -0.3 is 10.2 Å². The number of amides is 1. The van der Waals surface area contributed by atoms with Gasteiger partial charge in [0.2, 0.25) is 0 Å². The largest absolute Gasteiger partial charge is 0.330 e. The molecule has 4 aromatic rings. The molecule has 0 radical (unpaired) electrons. The van der Waals surface area contributed by atoms with Crippen molar-refractivity contribution in [1.29, 1.82) is 0 Å². The Kier molecular flexibility index (Phi) is 4.74. The van der Waals surface area contributed by atoms with Crippen LogP contribution in [0.4, 0.5) is 0 Å². The molecule has 1 aliphatic heterocycles. The van der Waals surface area contributed by atoms with Crippen molar-refractivity contribution in [3.63, 3.8) is 0 Å². The average molecular weight is 433 g/mol. The Morgan fingerprint density at radius 2 is 1.79 bits per heavy atom. The zero-order valence-electron chi connectivity index (χ0n) is 18.3. The summed E-state index contributed by atoms with van der Waals surface area (Å²) in [4.78, 5) is 15.4. The first-order valence-electron chi connectivity index (χ1n) is 11.4. The maximum absolute atomic E-state index is 13.3. The second-order valence-corrected chi connectivity index (χ2v) is 8.85. The van der Waals surface area contributed by atoms with Crippen molar-refractivity contribution in [1.82, 2.24) is 20.4 Å². The van der Waals surface area contributed by atoms with Gasteiger partial charge >= 0.3 is 0 Å². The molecule has 162 valence electrons. The Labute approximate surface area is 192 Å². The first kappa shape index (κ1) is 19.8. The van der Waals surface area contributed by atoms with Crippen molar-refractivity contribution in [2.75, 3.05) is 19.6 Å². The highest BCUT2D eigenvalue weighted by Crippen LogP contribution is 2.43. The highest BCUT2D eigenvalue weighted by Gasteiger charge is 2.51. The molecule has 1 saturated heterocycles. The van der Waals surface area contributed by atoms with Crippen LogP contribution in [0.5, 0.6) is 0 Å². The van der Waals surface area contributed by atoms with Crippen molar-refractivity contribution in [3.8, 4) is 23.0 Å². The van der Waals surface area contributed by atoms with Crippen LogP contribution in [0.3, 0.4) is 0 Å². The molecule has 2 N–H and O–H groups in total. The molecule has 5 heteroatoms. The number of carbonyl (C=O) groups is 1. The van der Waals surface area contributed by atoms with E-state index < -0.39 is 0 Å². The number of nitrogens with one attached hydrogen (secondary N) is 2. The lowest BCUT2D eigenvalue weighted by Crippen LogP contribution is -2.55. The molecule has 1 spiro atoms. The highest BCUT2D eigenvalue weighted by atomic mass is 16.2. The van der Waals surface area contributed by atoms with Crippen molar-refractivity contribution >= 4 is 16.8 Å². The van der Waals surface area contributed by atoms with E-state index in [0.717, 1.165) is 60.1 Å². The summed E-state index contributed by atoms with van der Waals surface area (Å²) >= 11 is 0. The van der Waals surface area contributed by atoms with Crippen molar-refractivity contribution in [2.45, 2.75) is 18.4 Å². The second kappa shape index (κ2) is 7.91. The Balaban J connectivity index is 1.35. The number of H-pyrrole nitrogens is 1. The summed E-state index contributed by atoms with van der Waals surface area (Å²) in [6, 6.07) is 24.1. The van der Waals surface area contributed by atoms with Crippen LogP contribution in [-0.2, 0) is 0 Å². The molecule has 3 aromatic carbocycles. The molecule has 1 saturated carbocycles. The lowest BCUT2D eigenvalue weighted by molar-refractivity contribution is 0.0600. The summed E-state index contributed by atoms with van der Waals surface area (Å²) in [5, 5.41) is 11.8. The number of fused-ring (bicyclic) bond motifs is 1. The molecule has 6 rings (SSSR count). The molecular formula is C28H24N4O. The SMILES string of the molecule is O=C(c1ccc2[nH]nc(C#Cc3ccccc3-c3ccccc3)c2c1)N1CCNCC12CC2. The zero-order chi connectivity index (χ0) is 22.3. The van der Waals surface area contributed by atoms with Crippen LogP contribution in [0.1, 0.15) is 34.5 Å². The van der Waals surface area contributed by atoms with Gasteiger partial charge in [0.1, 0.15) is 5.69 Å². The Bertz CT molecular complexity index is 1410. The molecular weight excluding hydrogens is 408 g/mol. The lowest BCUT2D eigenvalue weighted by Gasteiger charge is -2.36. The van der Waals surface area contributed by atoms with E-state index in [4.69, 9.17) is 0 Å². The smallest absolute Gasteiger partial charge is 0.254 e.